The smallest absolute Gasteiger partial charge is 0.337 e. The number of fused-ring (bicyclic) bond motifs is 2. The third-order valence-corrected chi connectivity index (χ3v) is 4.30. The molecule has 1 atom stereocenters. The second kappa shape index (κ2) is 8.90. The van der Waals surface area contributed by atoms with Crippen LogP contribution in [0.15, 0.2) is 73.1 Å². The van der Waals surface area contributed by atoms with E-state index in [0.717, 1.165) is 10.9 Å². The molecule has 29 heavy (non-hydrogen) atoms. The third kappa shape index (κ3) is 4.36. The van der Waals surface area contributed by atoms with Gasteiger partial charge < -0.3 is 14.9 Å². The van der Waals surface area contributed by atoms with Crippen LogP contribution in [-0.4, -0.2) is 39.2 Å². The van der Waals surface area contributed by atoms with Crippen LogP contribution in [-0.2, 0) is 9.53 Å². The van der Waals surface area contributed by atoms with Crippen molar-refractivity contribution < 1.29 is 24.5 Å². The Hall–Kier alpha value is -3.84. The highest BCUT2D eigenvalue weighted by atomic mass is 16.5. The molecule has 2 heterocycles. The molecule has 0 saturated heterocycles. The summed E-state index contributed by atoms with van der Waals surface area (Å²) in [6.07, 6.45) is 2.37. The molecule has 7 heteroatoms. The number of pyridine rings is 2. The van der Waals surface area contributed by atoms with Crippen LogP contribution in [0.3, 0.4) is 0 Å². The summed E-state index contributed by atoms with van der Waals surface area (Å²) in [5.41, 5.74) is 2.40. The highest BCUT2D eigenvalue weighted by Gasteiger charge is 2.20. The Balaban J connectivity index is 0.000000169. The first kappa shape index (κ1) is 19.9. The average Bonchev–Trinajstić information content (AvgIpc) is 2.74. The maximum atomic E-state index is 11.0. The van der Waals surface area contributed by atoms with Crippen molar-refractivity contribution >= 4 is 33.7 Å². The van der Waals surface area contributed by atoms with Crippen LogP contribution in [0.25, 0.3) is 21.8 Å². The number of aromatic nitrogens is 2. The highest BCUT2D eigenvalue weighted by Crippen LogP contribution is 2.25. The number of aromatic carboxylic acids is 1. The van der Waals surface area contributed by atoms with Gasteiger partial charge in [0.05, 0.1) is 16.6 Å². The first-order chi connectivity index (χ1) is 14.0. The number of methoxy groups -OCH3 is 1. The lowest BCUT2D eigenvalue weighted by atomic mass is 10.0. The van der Waals surface area contributed by atoms with Gasteiger partial charge in [0.25, 0.3) is 0 Å². The topological polar surface area (TPSA) is 110 Å². The van der Waals surface area contributed by atoms with Gasteiger partial charge in [-0.3, -0.25) is 9.97 Å². The number of carboxylic acid groups (broad SMARTS) is 2. The molecule has 2 N–H and O–H groups in total. The lowest BCUT2D eigenvalue weighted by molar-refractivity contribution is -0.148. The van der Waals surface area contributed by atoms with Gasteiger partial charge in [-0.2, -0.15) is 0 Å². The number of benzene rings is 2. The molecule has 0 spiro atoms. The number of ether oxygens (including phenoxy) is 1. The molecular weight excluding hydrogens is 372 g/mol. The van der Waals surface area contributed by atoms with Gasteiger partial charge in [0.15, 0.2) is 6.10 Å². The molecule has 0 aliphatic carbocycles. The standard InChI is InChI=1S/C12H11NO3.C10H7NO2/c1-16-11(12(14)15)9-4-2-6-10-8(9)5-3-7-13-10;12-10(13)8-3-1-5-9-7(8)4-2-6-11-9/h2-7,11H,1H3,(H,14,15);1-6H,(H,12,13). The van der Waals surface area contributed by atoms with Crippen molar-refractivity contribution in [2.24, 2.45) is 0 Å². The van der Waals surface area contributed by atoms with Gasteiger partial charge in [-0.1, -0.05) is 30.3 Å². The summed E-state index contributed by atoms with van der Waals surface area (Å²) in [6.45, 7) is 0. The summed E-state index contributed by atoms with van der Waals surface area (Å²) in [5.74, 6) is -1.92. The zero-order valence-corrected chi connectivity index (χ0v) is 15.5. The van der Waals surface area contributed by atoms with Gasteiger partial charge in [-0.25, -0.2) is 9.59 Å². The summed E-state index contributed by atoms with van der Waals surface area (Å²) in [6, 6.07) is 17.5. The Morgan fingerprint density at radius 3 is 2.00 bits per heavy atom. The molecule has 0 saturated carbocycles. The zero-order valence-electron chi connectivity index (χ0n) is 15.5. The number of carbonyl (C=O) groups is 2. The summed E-state index contributed by atoms with van der Waals surface area (Å²) in [7, 11) is 1.38. The fourth-order valence-corrected chi connectivity index (χ4v) is 3.01. The predicted molar refractivity (Wildman–Crippen MR) is 108 cm³/mol. The van der Waals surface area contributed by atoms with Crippen molar-refractivity contribution in [3.8, 4) is 0 Å². The number of nitrogens with zero attached hydrogens (tertiary/aromatic N) is 2. The molecule has 0 bridgehead atoms. The van der Waals surface area contributed by atoms with E-state index in [0.29, 0.717) is 22.0 Å². The van der Waals surface area contributed by atoms with Crippen LogP contribution in [0.2, 0.25) is 0 Å². The monoisotopic (exact) mass is 390 g/mol. The Kier molecular flexibility index (Phi) is 6.11. The molecule has 0 aliphatic heterocycles. The van der Waals surface area contributed by atoms with E-state index in [2.05, 4.69) is 9.97 Å². The van der Waals surface area contributed by atoms with Crippen molar-refractivity contribution in [3.05, 3.63) is 84.2 Å². The molecule has 7 nitrogen and oxygen atoms in total. The number of carboxylic acids is 2. The van der Waals surface area contributed by atoms with Gasteiger partial charge in [0, 0.05) is 35.8 Å². The minimum absolute atomic E-state index is 0.297. The molecule has 0 aliphatic rings. The molecule has 1 unspecified atom stereocenters. The second-order valence-electron chi connectivity index (χ2n) is 6.05. The summed E-state index contributed by atoms with van der Waals surface area (Å²) in [5, 5.41) is 19.4. The van der Waals surface area contributed by atoms with E-state index in [1.807, 2.05) is 12.1 Å². The van der Waals surface area contributed by atoms with E-state index >= 15 is 0 Å². The van der Waals surface area contributed by atoms with E-state index in [4.69, 9.17) is 14.9 Å². The summed E-state index contributed by atoms with van der Waals surface area (Å²) < 4.78 is 4.98. The quantitative estimate of drug-likeness (QED) is 0.543. The minimum Gasteiger partial charge on any atom is -0.479 e. The van der Waals surface area contributed by atoms with Crippen LogP contribution in [0, 0.1) is 0 Å². The normalized spacial score (nSPS) is 11.5. The Labute approximate surface area is 166 Å². The Bertz CT molecular complexity index is 1170. The zero-order chi connectivity index (χ0) is 20.8. The molecule has 2 aromatic heterocycles. The predicted octanol–water partition coefficient (Wildman–Crippen LogP) is 3.94. The maximum absolute atomic E-state index is 11.0. The van der Waals surface area contributed by atoms with Gasteiger partial charge in [0.2, 0.25) is 0 Å². The van der Waals surface area contributed by atoms with Gasteiger partial charge in [-0.05, 0) is 30.3 Å². The van der Waals surface area contributed by atoms with Gasteiger partial charge in [0.1, 0.15) is 0 Å². The molecule has 146 valence electrons. The number of rotatable bonds is 4. The van der Waals surface area contributed by atoms with E-state index in [9.17, 15) is 9.59 Å². The summed E-state index contributed by atoms with van der Waals surface area (Å²) in [4.78, 5) is 30.0. The van der Waals surface area contributed by atoms with Crippen molar-refractivity contribution in [2.45, 2.75) is 6.10 Å². The van der Waals surface area contributed by atoms with Crippen LogP contribution >= 0.6 is 0 Å². The fraction of sp³-hybridized carbons (Fsp3) is 0.0909. The van der Waals surface area contributed by atoms with Crippen LogP contribution in [0.5, 0.6) is 0 Å². The number of hydrogen-bond acceptors (Lipinski definition) is 5. The van der Waals surface area contributed by atoms with Crippen LogP contribution in [0.1, 0.15) is 22.0 Å². The third-order valence-electron chi connectivity index (χ3n) is 4.30. The largest absolute Gasteiger partial charge is 0.479 e. The molecule has 4 rings (SSSR count). The number of aliphatic carboxylic acids is 1. The van der Waals surface area contributed by atoms with Gasteiger partial charge >= 0.3 is 11.9 Å². The number of hydrogen-bond donors (Lipinski definition) is 2. The molecule has 2 aromatic carbocycles. The minimum atomic E-state index is -1.00. The van der Waals surface area contributed by atoms with E-state index < -0.39 is 18.0 Å². The molecule has 0 radical (unpaired) electrons. The lowest BCUT2D eigenvalue weighted by Crippen LogP contribution is -2.13. The van der Waals surface area contributed by atoms with E-state index in [1.165, 1.54) is 7.11 Å². The van der Waals surface area contributed by atoms with E-state index in [1.54, 1.807) is 60.9 Å². The Morgan fingerprint density at radius 2 is 1.41 bits per heavy atom. The van der Waals surface area contributed by atoms with E-state index in [-0.39, 0.29) is 0 Å². The van der Waals surface area contributed by atoms with Crippen molar-refractivity contribution in [3.63, 3.8) is 0 Å². The fourth-order valence-electron chi connectivity index (χ4n) is 3.01. The first-order valence-corrected chi connectivity index (χ1v) is 8.69. The molecular formula is C22H18N2O5. The first-order valence-electron chi connectivity index (χ1n) is 8.69. The SMILES string of the molecule is COC(C(=O)O)c1cccc2ncccc12.O=C(O)c1cccc2ncccc12. The van der Waals surface area contributed by atoms with Crippen molar-refractivity contribution in [1.82, 2.24) is 9.97 Å². The van der Waals surface area contributed by atoms with Crippen LogP contribution in [0.4, 0.5) is 0 Å². The molecule has 0 amide bonds. The lowest BCUT2D eigenvalue weighted by Gasteiger charge is -2.12. The summed E-state index contributed by atoms with van der Waals surface area (Å²) >= 11 is 0. The van der Waals surface area contributed by atoms with Crippen molar-refractivity contribution in [2.75, 3.05) is 7.11 Å². The average molecular weight is 390 g/mol. The van der Waals surface area contributed by atoms with Gasteiger partial charge in [-0.15, -0.1) is 0 Å². The maximum Gasteiger partial charge on any atom is 0.337 e. The molecule has 0 fully saturated rings. The van der Waals surface area contributed by atoms with Crippen LogP contribution < -0.4 is 0 Å². The van der Waals surface area contributed by atoms with Crippen molar-refractivity contribution in [1.29, 1.82) is 0 Å². The second-order valence-corrected chi connectivity index (χ2v) is 6.05. The molecule has 4 aromatic rings. The highest BCUT2D eigenvalue weighted by molar-refractivity contribution is 6.02. The Morgan fingerprint density at radius 1 is 0.828 bits per heavy atom.